The Bertz CT molecular complexity index is 603. The zero-order valence-electron chi connectivity index (χ0n) is 10.9. The molecule has 1 heteroatoms. The smallest absolute Gasteiger partial charge is 0.0264 e. The molecule has 0 aliphatic rings. The van der Waals surface area contributed by atoms with Crippen molar-refractivity contribution < 1.29 is 0 Å². The number of hydrogen-bond acceptors (Lipinski definition) is 1. The van der Waals surface area contributed by atoms with Crippen LogP contribution < -0.4 is 15.8 Å². The Labute approximate surface area is 109 Å². The normalized spacial score (nSPS) is 11.5. The number of benzene rings is 1. The largest absolute Gasteiger partial charge is 0.389 e. The van der Waals surface area contributed by atoms with E-state index in [4.69, 9.17) is 0 Å². The van der Waals surface area contributed by atoms with Crippen LogP contribution in [-0.2, 0) is 0 Å². The van der Waals surface area contributed by atoms with Crippen molar-refractivity contribution in [2.75, 3.05) is 7.05 Å². The van der Waals surface area contributed by atoms with Crippen LogP contribution in [0, 0.1) is 0 Å². The summed E-state index contributed by atoms with van der Waals surface area (Å²) in [5.74, 6) is 0. The summed E-state index contributed by atoms with van der Waals surface area (Å²) in [6.45, 7) is 15.8. The van der Waals surface area contributed by atoms with Gasteiger partial charge in [-0.3, -0.25) is 0 Å². The van der Waals surface area contributed by atoms with Crippen molar-refractivity contribution in [2.45, 2.75) is 0 Å². The Morgan fingerprint density at radius 3 is 2.33 bits per heavy atom. The molecule has 1 rings (SSSR count). The SMILES string of the molecule is C=C(/C=C\C(=C)C(=C)/C=c1/ccccc1=C)NC. The molecule has 0 fully saturated rings. The molecule has 0 saturated carbocycles. The van der Waals surface area contributed by atoms with Gasteiger partial charge in [-0.25, -0.2) is 0 Å². The Morgan fingerprint density at radius 2 is 1.72 bits per heavy atom. The molecule has 18 heavy (non-hydrogen) atoms. The molecule has 0 amide bonds. The molecule has 0 atom stereocenters. The Hall–Kier alpha value is -2.28. The number of likely N-dealkylation sites (N-methyl/N-ethyl adjacent to an activating group) is 1. The van der Waals surface area contributed by atoms with E-state index >= 15 is 0 Å². The molecule has 0 spiro atoms. The van der Waals surface area contributed by atoms with Crippen molar-refractivity contribution in [1.82, 2.24) is 5.32 Å². The van der Waals surface area contributed by atoms with Gasteiger partial charge in [0.1, 0.15) is 0 Å². The second kappa shape index (κ2) is 6.45. The molecule has 0 saturated heterocycles. The molecular weight excluding hydrogens is 218 g/mol. The predicted molar refractivity (Wildman–Crippen MR) is 81.3 cm³/mol. The molecule has 1 aromatic rings. The lowest BCUT2D eigenvalue weighted by Gasteiger charge is -2.00. The van der Waals surface area contributed by atoms with E-state index in [1.54, 1.807) is 0 Å². The highest BCUT2D eigenvalue weighted by atomic mass is 14.8. The molecule has 92 valence electrons. The van der Waals surface area contributed by atoms with E-state index in [0.717, 1.165) is 27.3 Å². The molecule has 0 radical (unpaired) electrons. The van der Waals surface area contributed by atoms with Crippen molar-refractivity contribution in [3.05, 3.63) is 83.4 Å². The maximum Gasteiger partial charge on any atom is 0.0264 e. The zero-order valence-corrected chi connectivity index (χ0v) is 10.9. The van der Waals surface area contributed by atoms with Gasteiger partial charge in [-0.15, -0.1) is 0 Å². The molecule has 1 aromatic carbocycles. The standard InChI is InChI=1S/C17H19N/c1-13(10-11-16(4)18-5)15(3)12-17-9-7-6-8-14(17)2/h6-12,18H,1-4H2,5H3/b11-10-,17-12-. The summed E-state index contributed by atoms with van der Waals surface area (Å²) in [6.07, 6.45) is 5.75. The van der Waals surface area contributed by atoms with E-state index in [1.165, 1.54) is 0 Å². The van der Waals surface area contributed by atoms with Gasteiger partial charge >= 0.3 is 0 Å². The average Bonchev–Trinajstić information content (AvgIpc) is 2.38. The summed E-state index contributed by atoms with van der Waals surface area (Å²) in [4.78, 5) is 0. The van der Waals surface area contributed by atoms with E-state index in [1.807, 2.05) is 49.5 Å². The molecule has 1 nitrogen and oxygen atoms in total. The molecule has 1 N–H and O–H groups in total. The Morgan fingerprint density at radius 1 is 1.06 bits per heavy atom. The lowest BCUT2D eigenvalue weighted by molar-refractivity contribution is 1.04. The van der Waals surface area contributed by atoms with Gasteiger partial charge in [-0.2, -0.15) is 0 Å². The minimum Gasteiger partial charge on any atom is -0.389 e. The predicted octanol–water partition coefficient (Wildman–Crippen LogP) is 2.28. The van der Waals surface area contributed by atoms with Crippen LogP contribution in [-0.4, -0.2) is 7.05 Å². The second-order valence-electron chi connectivity index (χ2n) is 4.00. The third kappa shape index (κ3) is 3.95. The minimum atomic E-state index is 0.835. The fourth-order valence-electron chi connectivity index (χ4n) is 1.35. The Balaban J connectivity index is 2.91. The lowest BCUT2D eigenvalue weighted by atomic mass is 10.1. The number of rotatable bonds is 5. The summed E-state index contributed by atoms with van der Waals surface area (Å²) in [5.41, 5.74) is 2.56. The lowest BCUT2D eigenvalue weighted by Crippen LogP contribution is -2.21. The summed E-state index contributed by atoms with van der Waals surface area (Å²) in [5, 5.41) is 4.99. The van der Waals surface area contributed by atoms with Gasteiger partial charge in [0, 0.05) is 12.7 Å². The van der Waals surface area contributed by atoms with E-state index < -0.39 is 0 Å². The van der Waals surface area contributed by atoms with Gasteiger partial charge in [0.25, 0.3) is 0 Å². The summed E-state index contributed by atoms with van der Waals surface area (Å²) >= 11 is 0. The number of allylic oxidation sites excluding steroid dienone is 4. The van der Waals surface area contributed by atoms with E-state index in [9.17, 15) is 0 Å². The van der Waals surface area contributed by atoms with Crippen LogP contribution in [0.3, 0.4) is 0 Å². The first-order chi connectivity index (χ1) is 8.54. The van der Waals surface area contributed by atoms with Crippen molar-refractivity contribution in [3.63, 3.8) is 0 Å². The zero-order chi connectivity index (χ0) is 13.5. The quantitative estimate of drug-likeness (QED) is 0.775. The number of hydrogen-bond donors (Lipinski definition) is 1. The number of nitrogens with one attached hydrogen (secondary N) is 1. The van der Waals surface area contributed by atoms with Crippen molar-refractivity contribution in [3.8, 4) is 0 Å². The topological polar surface area (TPSA) is 12.0 Å². The molecule has 0 heterocycles. The van der Waals surface area contributed by atoms with Gasteiger partial charge in [-0.1, -0.05) is 56.7 Å². The van der Waals surface area contributed by atoms with E-state index in [-0.39, 0.29) is 0 Å². The van der Waals surface area contributed by atoms with Gasteiger partial charge in [-0.05, 0) is 33.7 Å². The van der Waals surface area contributed by atoms with E-state index in [0.29, 0.717) is 0 Å². The maximum absolute atomic E-state index is 4.01. The third-order valence-electron chi connectivity index (χ3n) is 2.60. The first-order valence-corrected chi connectivity index (χ1v) is 5.73. The molecule has 0 unspecified atom stereocenters. The van der Waals surface area contributed by atoms with Gasteiger partial charge in [0.2, 0.25) is 0 Å². The van der Waals surface area contributed by atoms with Gasteiger partial charge in [0.05, 0.1) is 0 Å². The molecule has 0 bridgehead atoms. The highest BCUT2D eigenvalue weighted by Gasteiger charge is 1.92. The molecule has 0 aliphatic heterocycles. The van der Waals surface area contributed by atoms with Gasteiger partial charge < -0.3 is 5.32 Å². The maximum atomic E-state index is 4.01. The van der Waals surface area contributed by atoms with Gasteiger partial charge in [0.15, 0.2) is 0 Å². The highest BCUT2D eigenvalue weighted by molar-refractivity contribution is 5.59. The van der Waals surface area contributed by atoms with Crippen LogP contribution in [0.4, 0.5) is 0 Å². The van der Waals surface area contributed by atoms with Crippen LogP contribution in [0.25, 0.3) is 12.7 Å². The summed E-state index contributed by atoms with van der Waals surface area (Å²) in [6, 6.07) is 7.93. The monoisotopic (exact) mass is 237 g/mol. The minimum absolute atomic E-state index is 0.835. The summed E-state index contributed by atoms with van der Waals surface area (Å²) in [7, 11) is 1.83. The summed E-state index contributed by atoms with van der Waals surface area (Å²) < 4.78 is 0. The van der Waals surface area contributed by atoms with Crippen molar-refractivity contribution in [1.29, 1.82) is 0 Å². The second-order valence-corrected chi connectivity index (χ2v) is 4.00. The van der Waals surface area contributed by atoms with Crippen molar-refractivity contribution >= 4 is 12.7 Å². The van der Waals surface area contributed by atoms with E-state index in [2.05, 4.69) is 31.6 Å². The van der Waals surface area contributed by atoms with Crippen LogP contribution in [0.1, 0.15) is 0 Å². The average molecular weight is 237 g/mol. The fraction of sp³-hybridized carbons (Fsp3) is 0.0588. The first-order valence-electron chi connectivity index (χ1n) is 5.73. The first kappa shape index (κ1) is 13.8. The fourth-order valence-corrected chi connectivity index (χ4v) is 1.35. The van der Waals surface area contributed by atoms with Crippen LogP contribution in [0.5, 0.6) is 0 Å². The third-order valence-corrected chi connectivity index (χ3v) is 2.60. The Kier molecular flexibility index (Phi) is 4.94. The highest BCUT2D eigenvalue weighted by Crippen LogP contribution is 2.08. The van der Waals surface area contributed by atoms with Crippen LogP contribution in [0.15, 0.2) is 73.0 Å². The van der Waals surface area contributed by atoms with Crippen molar-refractivity contribution in [2.24, 2.45) is 0 Å². The van der Waals surface area contributed by atoms with Crippen LogP contribution >= 0.6 is 0 Å². The molecule has 0 aliphatic carbocycles. The van der Waals surface area contributed by atoms with Crippen LogP contribution in [0.2, 0.25) is 0 Å². The molecule has 0 aromatic heterocycles. The molecular formula is C17H19N.